The summed E-state index contributed by atoms with van der Waals surface area (Å²) >= 11 is 0. The minimum Gasteiger partial charge on any atom is -0.497 e. The first-order chi connectivity index (χ1) is 15.8. The van der Waals surface area contributed by atoms with Gasteiger partial charge in [0.25, 0.3) is 0 Å². The van der Waals surface area contributed by atoms with Gasteiger partial charge < -0.3 is 19.9 Å². The Hall–Kier alpha value is -2.37. The number of carbonyl (C=O) groups excluding carboxylic acids is 1. The van der Waals surface area contributed by atoms with Crippen LogP contribution in [0.25, 0.3) is 0 Å². The molecule has 0 radical (unpaired) electrons. The lowest BCUT2D eigenvalue weighted by molar-refractivity contribution is -0.135. The molecule has 178 valence electrons. The molecule has 4 rings (SSSR count). The van der Waals surface area contributed by atoms with Crippen LogP contribution in [0.1, 0.15) is 45.1 Å². The first-order valence-electron chi connectivity index (χ1n) is 12.0. The van der Waals surface area contributed by atoms with Gasteiger partial charge in [0.2, 0.25) is 0 Å². The fraction of sp³-hybridized carbons (Fsp3) is 0.536. The summed E-state index contributed by atoms with van der Waals surface area (Å²) in [5.74, 6) is 1.12. The van der Waals surface area contributed by atoms with Crippen LogP contribution < -0.4 is 10.1 Å². The molecular weight excluding hydrogens is 414 g/mol. The van der Waals surface area contributed by atoms with Gasteiger partial charge in [-0.2, -0.15) is 0 Å². The summed E-state index contributed by atoms with van der Waals surface area (Å²) in [6, 6.07) is 8.09. The molecule has 0 bridgehead atoms. The summed E-state index contributed by atoms with van der Waals surface area (Å²) in [4.78, 5) is 11.9. The van der Waals surface area contributed by atoms with Gasteiger partial charge in [0, 0.05) is 24.4 Å². The van der Waals surface area contributed by atoms with Gasteiger partial charge in [-0.1, -0.05) is 50.3 Å². The SMILES string of the molecule is C=C1CC[C@@H]2[C@](C)(CNCc3cccc(OC)c3)[C@H](O)CC[C@@]2(C)[C@@H]1/C=C/C1=CCOC1=O. The molecule has 1 aliphatic heterocycles. The van der Waals surface area contributed by atoms with Crippen LogP contribution in [0.5, 0.6) is 5.75 Å². The van der Waals surface area contributed by atoms with Crippen LogP contribution in [0.2, 0.25) is 0 Å². The number of esters is 1. The number of allylic oxidation sites excluding steroid dienone is 2. The van der Waals surface area contributed by atoms with E-state index >= 15 is 0 Å². The molecule has 2 N–H and O–H groups in total. The molecule has 2 fully saturated rings. The second kappa shape index (κ2) is 9.47. The highest BCUT2D eigenvalue weighted by Crippen LogP contribution is 2.61. The van der Waals surface area contributed by atoms with E-state index in [4.69, 9.17) is 9.47 Å². The molecule has 1 aromatic carbocycles. The molecular formula is C28H37NO4. The standard InChI is InChI=1S/C28H37NO4/c1-19-8-11-24-27(2,23(19)10-9-21-13-15-33-26(21)31)14-12-25(30)28(24,3)18-29-17-20-6-5-7-22(16-20)32-4/h5-7,9-10,13,16,23-25,29-30H,1,8,11-12,14-15,17-18H2,2-4H3/b10-9+/t23-,24+,25-,27+,28+/m1/s1. The first-order valence-corrected chi connectivity index (χ1v) is 12.0. The van der Waals surface area contributed by atoms with Crippen molar-refractivity contribution in [2.24, 2.45) is 22.7 Å². The summed E-state index contributed by atoms with van der Waals surface area (Å²) in [6.07, 6.45) is 9.25. The zero-order valence-electron chi connectivity index (χ0n) is 20.1. The predicted molar refractivity (Wildman–Crippen MR) is 130 cm³/mol. The monoisotopic (exact) mass is 451 g/mol. The van der Waals surface area contributed by atoms with E-state index in [1.165, 1.54) is 11.1 Å². The van der Waals surface area contributed by atoms with Crippen molar-refractivity contribution in [1.29, 1.82) is 0 Å². The number of hydrogen-bond donors (Lipinski definition) is 2. The molecule has 5 heteroatoms. The van der Waals surface area contributed by atoms with Gasteiger partial charge in [-0.25, -0.2) is 4.79 Å². The summed E-state index contributed by atoms with van der Waals surface area (Å²) in [7, 11) is 1.68. The molecule has 2 aliphatic carbocycles. The molecule has 2 saturated carbocycles. The van der Waals surface area contributed by atoms with Crippen LogP contribution in [0, 0.1) is 22.7 Å². The van der Waals surface area contributed by atoms with Crippen LogP contribution in [-0.4, -0.2) is 37.4 Å². The van der Waals surface area contributed by atoms with Gasteiger partial charge in [-0.15, -0.1) is 0 Å². The topological polar surface area (TPSA) is 67.8 Å². The number of aliphatic hydroxyl groups excluding tert-OH is 1. The van der Waals surface area contributed by atoms with Gasteiger partial charge in [0.1, 0.15) is 12.4 Å². The van der Waals surface area contributed by atoms with Crippen molar-refractivity contribution in [1.82, 2.24) is 5.32 Å². The van der Waals surface area contributed by atoms with E-state index in [1.807, 2.05) is 30.4 Å². The van der Waals surface area contributed by atoms with Crippen molar-refractivity contribution < 1.29 is 19.4 Å². The quantitative estimate of drug-likeness (QED) is 0.469. The molecule has 1 heterocycles. The van der Waals surface area contributed by atoms with Crippen LogP contribution in [-0.2, 0) is 16.1 Å². The molecule has 0 aromatic heterocycles. The number of aliphatic hydroxyl groups is 1. The lowest BCUT2D eigenvalue weighted by atomic mass is 9.46. The normalized spacial score (nSPS) is 34.2. The van der Waals surface area contributed by atoms with Crippen LogP contribution in [0.15, 0.2) is 60.2 Å². The van der Waals surface area contributed by atoms with E-state index < -0.39 is 0 Å². The Morgan fingerprint density at radius 2 is 2.15 bits per heavy atom. The molecule has 5 nitrogen and oxygen atoms in total. The van der Waals surface area contributed by atoms with Crippen molar-refractivity contribution in [3.05, 3.63) is 65.8 Å². The summed E-state index contributed by atoms with van der Waals surface area (Å²) in [5, 5.41) is 14.8. The largest absolute Gasteiger partial charge is 0.497 e. The summed E-state index contributed by atoms with van der Waals surface area (Å²) in [5.41, 5.74) is 2.76. The van der Waals surface area contributed by atoms with E-state index in [0.717, 1.165) is 44.5 Å². The molecule has 1 aromatic rings. The van der Waals surface area contributed by atoms with Crippen molar-refractivity contribution in [2.45, 2.75) is 52.2 Å². The molecule has 0 saturated heterocycles. The highest BCUT2D eigenvalue weighted by Gasteiger charge is 2.57. The zero-order valence-corrected chi connectivity index (χ0v) is 20.1. The minimum absolute atomic E-state index is 0.0134. The minimum atomic E-state index is -0.350. The second-order valence-corrected chi connectivity index (χ2v) is 10.4. The van der Waals surface area contributed by atoms with Gasteiger partial charge in [0.05, 0.1) is 18.8 Å². The summed E-state index contributed by atoms with van der Waals surface area (Å²) < 4.78 is 10.4. The number of methoxy groups -OCH3 is 1. The van der Waals surface area contributed by atoms with Crippen molar-refractivity contribution in [2.75, 3.05) is 20.3 Å². The fourth-order valence-corrected chi connectivity index (χ4v) is 6.49. The van der Waals surface area contributed by atoms with Crippen LogP contribution in [0.4, 0.5) is 0 Å². The average molecular weight is 452 g/mol. The Bertz CT molecular complexity index is 966. The fourth-order valence-electron chi connectivity index (χ4n) is 6.49. The van der Waals surface area contributed by atoms with Gasteiger partial charge in [-0.05, 0) is 60.8 Å². The zero-order chi connectivity index (χ0) is 23.6. The number of fused-ring (bicyclic) bond motifs is 1. The van der Waals surface area contributed by atoms with Crippen LogP contribution >= 0.6 is 0 Å². The average Bonchev–Trinajstić information content (AvgIpc) is 3.21. The van der Waals surface area contributed by atoms with E-state index in [9.17, 15) is 9.90 Å². The highest BCUT2D eigenvalue weighted by atomic mass is 16.5. The Balaban J connectivity index is 1.52. The van der Waals surface area contributed by atoms with Crippen molar-refractivity contribution in [3.8, 4) is 5.75 Å². The Morgan fingerprint density at radius 1 is 1.33 bits per heavy atom. The van der Waals surface area contributed by atoms with Crippen molar-refractivity contribution in [3.63, 3.8) is 0 Å². The lowest BCUT2D eigenvalue weighted by Gasteiger charge is -2.60. The molecule has 0 amide bonds. The first kappa shape index (κ1) is 23.8. The molecule has 0 spiro atoms. The van der Waals surface area contributed by atoms with Gasteiger partial charge in [0.15, 0.2) is 0 Å². The number of nitrogens with one attached hydrogen (secondary N) is 1. The van der Waals surface area contributed by atoms with E-state index in [0.29, 0.717) is 18.1 Å². The third kappa shape index (κ3) is 4.53. The molecule has 0 unspecified atom stereocenters. The van der Waals surface area contributed by atoms with E-state index in [-0.39, 0.29) is 28.8 Å². The number of benzene rings is 1. The van der Waals surface area contributed by atoms with E-state index in [1.54, 1.807) is 7.11 Å². The number of ether oxygens (including phenoxy) is 2. The Kier molecular flexibility index (Phi) is 6.83. The number of rotatable bonds is 7. The van der Waals surface area contributed by atoms with Crippen molar-refractivity contribution >= 4 is 5.97 Å². The maximum atomic E-state index is 11.9. The Morgan fingerprint density at radius 3 is 2.88 bits per heavy atom. The van der Waals surface area contributed by atoms with Crippen LogP contribution in [0.3, 0.4) is 0 Å². The Labute approximate surface area is 197 Å². The van der Waals surface area contributed by atoms with Gasteiger partial charge >= 0.3 is 5.97 Å². The smallest absolute Gasteiger partial charge is 0.338 e. The predicted octanol–water partition coefficient (Wildman–Crippen LogP) is 4.57. The number of hydrogen-bond acceptors (Lipinski definition) is 5. The second-order valence-electron chi connectivity index (χ2n) is 10.4. The molecule has 5 atom stereocenters. The third-order valence-corrected chi connectivity index (χ3v) is 8.40. The lowest BCUT2D eigenvalue weighted by Crippen LogP contribution is -2.58. The maximum absolute atomic E-state index is 11.9. The molecule has 3 aliphatic rings. The van der Waals surface area contributed by atoms with E-state index in [2.05, 4.69) is 37.9 Å². The highest BCUT2D eigenvalue weighted by molar-refractivity contribution is 5.93. The molecule has 33 heavy (non-hydrogen) atoms. The maximum Gasteiger partial charge on any atom is 0.338 e. The number of carbonyl (C=O) groups is 1. The third-order valence-electron chi connectivity index (χ3n) is 8.40. The summed E-state index contributed by atoms with van der Waals surface area (Å²) in [6.45, 7) is 10.8. The van der Waals surface area contributed by atoms with Gasteiger partial charge in [-0.3, -0.25) is 0 Å². The number of cyclic esters (lactones) is 1.